The highest BCUT2D eigenvalue weighted by atomic mass is 16.5. The molecule has 0 fully saturated rings. The first kappa shape index (κ1) is 16.2. The second-order valence-corrected chi connectivity index (χ2v) is 4.76. The van der Waals surface area contributed by atoms with E-state index < -0.39 is 0 Å². The quantitative estimate of drug-likeness (QED) is 0.363. The lowest BCUT2D eigenvalue weighted by atomic mass is 9.85. The standard InChI is InChI=1S/C14H27NO2/c1-5-7-8-9-11-15-12-14(3,10-6-2)13(16)17-4/h5,15H,1,6-12H2,2-4H3. The number of carbonyl (C=O) groups is 1. The van der Waals surface area contributed by atoms with E-state index >= 15 is 0 Å². The van der Waals surface area contributed by atoms with Crippen LogP contribution >= 0.6 is 0 Å². The van der Waals surface area contributed by atoms with E-state index in [4.69, 9.17) is 4.74 Å². The number of carbonyl (C=O) groups excluding carboxylic acids is 1. The average molecular weight is 241 g/mol. The predicted molar refractivity (Wildman–Crippen MR) is 71.9 cm³/mol. The number of rotatable bonds is 10. The molecule has 0 amide bonds. The fraction of sp³-hybridized carbons (Fsp3) is 0.786. The van der Waals surface area contributed by atoms with E-state index in [1.54, 1.807) is 0 Å². The van der Waals surface area contributed by atoms with Gasteiger partial charge in [-0.1, -0.05) is 19.4 Å². The van der Waals surface area contributed by atoms with Crippen LogP contribution in [0, 0.1) is 5.41 Å². The Labute approximate surface area is 106 Å². The van der Waals surface area contributed by atoms with Crippen LogP contribution in [0.1, 0.15) is 46.0 Å². The lowest BCUT2D eigenvalue weighted by molar-refractivity contribution is -0.152. The van der Waals surface area contributed by atoms with Gasteiger partial charge in [0.2, 0.25) is 0 Å². The first-order valence-electron chi connectivity index (χ1n) is 6.50. The molecule has 0 aliphatic heterocycles. The summed E-state index contributed by atoms with van der Waals surface area (Å²) in [5.74, 6) is -0.113. The molecule has 17 heavy (non-hydrogen) atoms. The summed E-state index contributed by atoms with van der Waals surface area (Å²) in [7, 11) is 1.46. The van der Waals surface area contributed by atoms with Crippen LogP contribution in [0.3, 0.4) is 0 Å². The van der Waals surface area contributed by atoms with Gasteiger partial charge >= 0.3 is 5.97 Å². The first-order chi connectivity index (χ1) is 8.10. The number of unbranched alkanes of at least 4 members (excludes halogenated alkanes) is 2. The van der Waals surface area contributed by atoms with Gasteiger partial charge in [-0.15, -0.1) is 6.58 Å². The van der Waals surface area contributed by atoms with E-state index in [1.165, 1.54) is 7.11 Å². The molecular formula is C14H27NO2. The van der Waals surface area contributed by atoms with Crippen LogP contribution in [0.15, 0.2) is 12.7 Å². The van der Waals surface area contributed by atoms with Crippen LogP contribution in [-0.4, -0.2) is 26.2 Å². The van der Waals surface area contributed by atoms with Gasteiger partial charge in [0.25, 0.3) is 0 Å². The van der Waals surface area contributed by atoms with E-state index in [9.17, 15) is 4.79 Å². The summed E-state index contributed by atoms with van der Waals surface area (Å²) in [4.78, 5) is 11.7. The highest BCUT2D eigenvalue weighted by Gasteiger charge is 2.32. The van der Waals surface area contributed by atoms with Crippen LogP contribution in [0.2, 0.25) is 0 Å². The summed E-state index contributed by atoms with van der Waals surface area (Å²) >= 11 is 0. The monoisotopic (exact) mass is 241 g/mol. The minimum Gasteiger partial charge on any atom is -0.469 e. The summed E-state index contributed by atoms with van der Waals surface area (Å²) in [5, 5.41) is 3.35. The Kier molecular flexibility index (Phi) is 8.78. The Balaban J connectivity index is 3.92. The molecule has 0 aromatic heterocycles. The molecule has 0 radical (unpaired) electrons. The lowest BCUT2D eigenvalue weighted by Crippen LogP contribution is -2.39. The molecule has 3 heteroatoms. The number of methoxy groups -OCH3 is 1. The number of nitrogens with one attached hydrogen (secondary N) is 1. The van der Waals surface area contributed by atoms with Crippen molar-refractivity contribution in [3.8, 4) is 0 Å². The van der Waals surface area contributed by atoms with Crippen molar-refractivity contribution in [2.45, 2.75) is 46.0 Å². The maximum absolute atomic E-state index is 11.7. The Hall–Kier alpha value is -0.830. The Morgan fingerprint density at radius 2 is 2.18 bits per heavy atom. The van der Waals surface area contributed by atoms with Crippen LogP contribution < -0.4 is 5.32 Å². The van der Waals surface area contributed by atoms with Gasteiger partial charge in [0.15, 0.2) is 0 Å². The molecule has 0 aliphatic carbocycles. The van der Waals surface area contributed by atoms with Crippen molar-refractivity contribution in [1.82, 2.24) is 5.32 Å². The molecule has 0 rings (SSSR count). The van der Waals surface area contributed by atoms with E-state index in [2.05, 4.69) is 18.8 Å². The van der Waals surface area contributed by atoms with Gasteiger partial charge in [-0.25, -0.2) is 0 Å². The van der Waals surface area contributed by atoms with Crippen molar-refractivity contribution in [3.63, 3.8) is 0 Å². The third kappa shape index (κ3) is 6.47. The van der Waals surface area contributed by atoms with Crippen molar-refractivity contribution in [3.05, 3.63) is 12.7 Å². The number of esters is 1. The molecule has 1 unspecified atom stereocenters. The van der Waals surface area contributed by atoms with Crippen LogP contribution in [0.5, 0.6) is 0 Å². The van der Waals surface area contributed by atoms with E-state index in [1.807, 2.05) is 13.0 Å². The molecule has 1 atom stereocenters. The molecule has 0 aromatic rings. The zero-order valence-corrected chi connectivity index (χ0v) is 11.6. The maximum Gasteiger partial charge on any atom is 0.312 e. The highest BCUT2D eigenvalue weighted by molar-refractivity contribution is 5.76. The molecule has 0 saturated carbocycles. The summed E-state index contributed by atoms with van der Waals surface area (Å²) in [6.07, 6.45) is 7.12. The van der Waals surface area contributed by atoms with Crippen molar-refractivity contribution in [2.24, 2.45) is 5.41 Å². The van der Waals surface area contributed by atoms with Crippen LogP contribution in [0.4, 0.5) is 0 Å². The fourth-order valence-corrected chi connectivity index (χ4v) is 1.96. The van der Waals surface area contributed by atoms with E-state index in [0.717, 1.165) is 38.6 Å². The van der Waals surface area contributed by atoms with E-state index in [0.29, 0.717) is 6.54 Å². The topological polar surface area (TPSA) is 38.3 Å². The maximum atomic E-state index is 11.7. The van der Waals surface area contributed by atoms with Gasteiger partial charge in [-0.3, -0.25) is 4.79 Å². The lowest BCUT2D eigenvalue weighted by Gasteiger charge is -2.26. The van der Waals surface area contributed by atoms with Crippen LogP contribution in [0.25, 0.3) is 0 Å². The fourth-order valence-electron chi connectivity index (χ4n) is 1.96. The number of hydrogen-bond acceptors (Lipinski definition) is 3. The zero-order chi connectivity index (χ0) is 13.1. The minimum absolute atomic E-state index is 0.113. The second-order valence-electron chi connectivity index (χ2n) is 4.76. The molecule has 3 nitrogen and oxygen atoms in total. The van der Waals surface area contributed by atoms with Crippen molar-refractivity contribution in [2.75, 3.05) is 20.2 Å². The van der Waals surface area contributed by atoms with Gasteiger partial charge in [0.05, 0.1) is 12.5 Å². The largest absolute Gasteiger partial charge is 0.469 e. The number of hydrogen-bond donors (Lipinski definition) is 1. The molecule has 0 aliphatic rings. The van der Waals surface area contributed by atoms with Gasteiger partial charge in [-0.05, 0) is 39.2 Å². The first-order valence-corrected chi connectivity index (χ1v) is 6.50. The molecule has 0 saturated heterocycles. The molecule has 0 bridgehead atoms. The Morgan fingerprint density at radius 1 is 1.47 bits per heavy atom. The van der Waals surface area contributed by atoms with E-state index in [-0.39, 0.29) is 11.4 Å². The third-order valence-corrected chi connectivity index (χ3v) is 3.01. The summed E-state index contributed by atoms with van der Waals surface area (Å²) in [5.41, 5.74) is -0.387. The normalized spacial score (nSPS) is 14.1. The van der Waals surface area contributed by atoms with Crippen molar-refractivity contribution < 1.29 is 9.53 Å². The molecular weight excluding hydrogens is 214 g/mol. The third-order valence-electron chi connectivity index (χ3n) is 3.01. The molecule has 0 heterocycles. The van der Waals surface area contributed by atoms with Crippen molar-refractivity contribution in [1.29, 1.82) is 0 Å². The summed E-state index contributed by atoms with van der Waals surface area (Å²) in [6, 6.07) is 0. The SMILES string of the molecule is C=CCCCCNCC(C)(CCC)C(=O)OC. The summed E-state index contributed by atoms with van der Waals surface area (Å²) in [6.45, 7) is 9.40. The second kappa shape index (κ2) is 9.23. The average Bonchev–Trinajstić information content (AvgIpc) is 2.33. The highest BCUT2D eigenvalue weighted by Crippen LogP contribution is 2.23. The smallest absolute Gasteiger partial charge is 0.312 e. The summed E-state index contributed by atoms with van der Waals surface area (Å²) < 4.78 is 4.87. The van der Waals surface area contributed by atoms with Crippen LogP contribution in [-0.2, 0) is 9.53 Å². The van der Waals surface area contributed by atoms with Gasteiger partial charge in [0.1, 0.15) is 0 Å². The van der Waals surface area contributed by atoms with Gasteiger partial charge in [0, 0.05) is 6.54 Å². The molecule has 0 spiro atoms. The van der Waals surface area contributed by atoms with Crippen molar-refractivity contribution >= 4 is 5.97 Å². The molecule has 100 valence electrons. The van der Waals surface area contributed by atoms with Gasteiger partial charge in [-0.2, -0.15) is 0 Å². The minimum atomic E-state index is -0.387. The molecule has 1 N–H and O–H groups in total. The number of allylic oxidation sites excluding steroid dienone is 1. The Morgan fingerprint density at radius 3 is 2.71 bits per heavy atom. The van der Waals surface area contributed by atoms with Gasteiger partial charge < -0.3 is 10.1 Å². The molecule has 0 aromatic carbocycles. The predicted octanol–water partition coefficient (Wildman–Crippen LogP) is 2.91. The zero-order valence-electron chi connectivity index (χ0n) is 11.6. The number of ether oxygens (including phenoxy) is 1. The Bertz CT molecular complexity index is 228.